The number of ether oxygens (including phenoxy) is 1. The lowest BCUT2D eigenvalue weighted by Crippen LogP contribution is -2.15. The molecule has 5 heteroatoms. The van der Waals surface area contributed by atoms with E-state index >= 15 is 0 Å². The van der Waals surface area contributed by atoms with Gasteiger partial charge in [-0.1, -0.05) is 0 Å². The number of nitrogens with zero attached hydrogens (tertiary/aromatic N) is 2. The van der Waals surface area contributed by atoms with Crippen molar-refractivity contribution in [2.75, 3.05) is 25.1 Å². The average molecular weight is 272 g/mol. The smallest absolute Gasteiger partial charge is 0.130 e. The summed E-state index contributed by atoms with van der Waals surface area (Å²) in [7, 11) is 0. The Hall–Kier alpha value is -0.680. The minimum atomic E-state index is 0.610. The van der Waals surface area contributed by atoms with Crippen molar-refractivity contribution in [2.45, 2.75) is 13.3 Å². The SMILES string of the molecule is Cc1nc(Br)cc(NCC2CCOC2)n1. The Kier molecular flexibility index (Phi) is 3.53. The molecule has 1 N–H and O–H groups in total. The molecule has 2 heterocycles. The Bertz CT molecular complexity index is 319. The lowest BCUT2D eigenvalue weighted by molar-refractivity contribution is 0.187. The summed E-state index contributed by atoms with van der Waals surface area (Å²) in [5.41, 5.74) is 0. The number of rotatable bonds is 3. The Morgan fingerprint density at radius 3 is 3.13 bits per heavy atom. The van der Waals surface area contributed by atoms with Crippen molar-refractivity contribution in [1.82, 2.24) is 9.97 Å². The molecule has 0 aliphatic carbocycles. The second-order valence-corrected chi connectivity index (χ2v) is 4.55. The third-order valence-corrected chi connectivity index (χ3v) is 2.81. The van der Waals surface area contributed by atoms with Crippen LogP contribution in [-0.2, 0) is 4.74 Å². The zero-order valence-electron chi connectivity index (χ0n) is 8.66. The molecule has 82 valence electrons. The molecule has 2 rings (SSSR count). The molecule has 1 aliphatic heterocycles. The van der Waals surface area contributed by atoms with E-state index in [0.29, 0.717) is 5.92 Å². The van der Waals surface area contributed by atoms with Gasteiger partial charge in [-0.3, -0.25) is 0 Å². The van der Waals surface area contributed by atoms with Gasteiger partial charge >= 0.3 is 0 Å². The highest BCUT2D eigenvalue weighted by atomic mass is 79.9. The average Bonchev–Trinajstić information content (AvgIpc) is 2.65. The van der Waals surface area contributed by atoms with E-state index in [1.807, 2.05) is 13.0 Å². The third kappa shape index (κ3) is 3.14. The Morgan fingerprint density at radius 1 is 1.60 bits per heavy atom. The predicted octanol–water partition coefficient (Wildman–Crippen LogP) is 2.00. The van der Waals surface area contributed by atoms with Crippen molar-refractivity contribution in [1.29, 1.82) is 0 Å². The van der Waals surface area contributed by atoms with Gasteiger partial charge in [0, 0.05) is 25.1 Å². The predicted molar refractivity (Wildman–Crippen MR) is 61.9 cm³/mol. The first kappa shape index (κ1) is 10.8. The van der Waals surface area contributed by atoms with Gasteiger partial charge in [-0.05, 0) is 29.3 Å². The second kappa shape index (κ2) is 4.90. The van der Waals surface area contributed by atoms with E-state index in [4.69, 9.17) is 4.74 Å². The van der Waals surface area contributed by atoms with Crippen LogP contribution in [0.3, 0.4) is 0 Å². The summed E-state index contributed by atoms with van der Waals surface area (Å²) in [5, 5.41) is 3.31. The van der Waals surface area contributed by atoms with Crippen LogP contribution in [0.2, 0.25) is 0 Å². The van der Waals surface area contributed by atoms with E-state index in [1.165, 1.54) is 0 Å². The number of aryl methyl sites for hydroxylation is 1. The molecule has 0 radical (unpaired) electrons. The van der Waals surface area contributed by atoms with Gasteiger partial charge in [-0.25, -0.2) is 9.97 Å². The Morgan fingerprint density at radius 2 is 2.47 bits per heavy atom. The maximum Gasteiger partial charge on any atom is 0.130 e. The molecule has 0 amide bonds. The number of aromatic nitrogens is 2. The molecule has 0 bridgehead atoms. The van der Waals surface area contributed by atoms with E-state index in [-0.39, 0.29) is 0 Å². The first-order valence-electron chi connectivity index (χ1n) is 5.07. The topological polar surface area (TPSA) is 47.0 Å². The van der Waals surface area contributed by atoms with Crippen molar-refractivity contribution in [3.05, 3.63) is 16.5 Å². The highest BCUT2D eigenvalue weighted by Gasteiger charge is 2.15. The van der Waals surface area contributed by atoms with Crippen molar-refractivity contribution < 1.29 is 4.74 Å². The molecule has 4 nitrogen and oxygen atoms in total. The van der Waals surface area contributed by atoms with Crippen LogP contribution < -0.4 is 5.32 Å². The zero-order valence-corrected chi connectivity index (χ0v) is 10.2. The number of halogens is 1. The minimum Gasteiger partial charge on any atom is -0.381 e. The van der Waals surface area contributed by atoms with E-state index in [2.05, 4.69) is 31.2 Å². The molecular formula is C10H14BrN3O. The summed E-state index contributed by atoms with van der Waals surface area (Å²) in [6.45, 7) is 4.55. The summed E-state index contributed by atoms with van der Waals surface area (Å²) < 4.78 is 6.13. The zero-order chi connectivity index (χ0) is 10.7. The molecule has 15 heavy (non-hydrogen) atoms. The fraction of sp³-hybridized carbons (Fsp3) is 0.600. The summed E-state index contributed by atoms with van der Waals surface area (Å²) in [6.07, 6.45) is 1.14. The molecule has 1 saturated heterocycles. The molecule has 0 aromatic carbocycles. The van der Waals surface area contributed by atoms with Crippen LogP contribution in [-0.4, -0.2) is 29.7 Å². The van der Waals surface area contributed by atoms with Gasteiger partial charge in [0.25, 0.3) is 0 Å². The molecule has 0 saturated carbocycles. The quantitative estimate of drug-likeness (QED) is 0.855. The second-order valence-electron chi connectivity index (χ2n) is 3.73. The van der Waals surface area contributed by atoms with Crippen LogP contribution in [0.4, 0.5) is 5.82 Å². The summed E-state index contributed by atoms with van der Waals surface area (Å²) in [6, 6.07) is 1.89. The first-order chi connectivity index (χ1) is 7.24. The van der Waals surface area contributed by atoms with E-state index in [1.54, 1.807) is 0 Å². The van der Waals surface area contributed by atoms with Gasteiger partial charge in [0.15, 0.2) is 0 Å². The monoisotopic (exact) mass is 271 g/mol. The summed E-state index contributed by atoms with van der Waals surface area (Å²) in [5.74, 6) is 2.26. The van der Waals surface area contributed by atoms with Crippen molar-refractivity contribution in [2.24, 2.45) is 5.92 Å². The standard InChI is InChI=1S/C10H14BrN3O/c1-7-13-9(11)4-10(14-7)12-5-8-2-3-15-6-8/h4,8H,2-3,5-6H2,1H3,(H,12,13,14). The van der Waals surface area contributed by atoms with Crippen LogP contribution >= 0.6 is 15.9 Å². The number of hydrogen-bond donors (Lipinski definition) is 1. The molecule has 0 spiro atoms. The molecule has 1 aromatic rings. The van der Waals surface area contributed by atoms with E-state index in [9.17, 15) is 0 Å². The van der Waals surface area contributed by atoms with E-state index in [0.717, 1.165) is 42.4 Å². The van der Waals surface area contributed by atoms with Crippen LogP contribution in [0.5, 0.6) is 0 Å². The van der Waals surface area contributed by atoms with Gasteiger partial charge in [-0.2, -0.15) is 0 Å². The first-order valence-corrected chi connectivity index (χ1v) is 5.86. The lowest BCUT2D eigenvalue weighted by Gasteiger charge is -2.10. The highest BCUT2D eigenvalue weighted by Crippen LogP contribution is 2.15. The van der Waals surface area contributed by atoms with Gasteiger partial charge in [0.2, 0.25) is 0 Å². The van der Waals surface area contributed by atoms with Gasteiger partial charge < -0.3 is 10.1 Å². The van der Waals surface area contributed by atoms with Crippen LogP contribution in [0.25, 0.3) is 0 Å². The van der Waals surface area contributed by atoms with Gasteiger partial charge in [0.1, 0.15) is 16.2 Å². The number of nitrogens with one attached hydrogen (secondary N) is 1. The highest BCUT2D eigenvalue weighted by molar-refractivity contribution is 9.10. The summed E-state index contributed by atoms with van der Waals surface area (Å²) in [4.78, 5) is 8.46. The molecule has 1 aromatic heterocycles. The van der Waals surface area contributed by atoms with Crippen LogP contribution in [0, 0.1) is 12.8 Å². The van der Waals surface area contributed by atoms with E-state index < -0.39 is 0 Å². The molecule has 1 aliphatic rings. The molecular weight excluding hydrogens is 258 g/mol. The largest absolute Gasteiger partial charge is 0.381 e. The van der Waals surface area contributed by atoms with Crippen LogP contribution in [0.15, 0.2) is 10.7 Å². The van der Waals surface area contributed by atoms with Gasteiger partial charge in [0.05, 0.1) is 6.61 Å². The van der Waals surface area contributed by atoms with Gasteiger partial charge in [-0.15, -0.1) is 0 Å². The number of anilines is 1. The molecule has 1 atom stereocenters. The van der Waals surface area contributed by atoms with Crippen molar-refractivity contribution in [3.8, 4) is 0 Å². The van der Waals surface area contributed by atoms with Crippen molar-refractivity contribution in [3.63, 3.8) is 0 Å². The molecule has 1 fully saturated rings. The van der Waals surface area contributed by atoms with Crippen molar-refractivity contribution >= 4 is 21.7 Å². The Labute approximate surface area is 97.6 Å². The normalized spacial score (nSPS) is 20.5. The fourth-order valence-electron chi connectivity index (χ4n) is 1.62. The van der Waals surface area contributed by atoms with Crippen LogP contribution in [0.1, 0.15) is 12.2 Å². The molecule has 1 unspecified atom stereocenters. The number of hydrogen-bond acceptors (Lipinski definition) is 4. The maximum absolute atomic E-state index is 5.31. The lowest BCUT2D eigenvalue weighted by atomic mass is 10.1. The summed E-state index contributed by atoms with van der Waals surface area (Å²) >= 11 is 3.35. The Balaban J connectivity index is 1.92. The fourth-order valence-corrected chi connectivity index (χ4v) is 2.09. The third-order valence-electron chi connectivity index (χ3n) is 2.40. The maximum atomic E-state index is 5.31. The minimum absolute atomic E-state index is 0.610.